The van der Waals surface area contributed by atoms with Gasteiger partial charge >= 0.3 is 0 Å². The first kappa shape index (κ1) is 36.9. The topological polar surface area (TPSA) is 145 Å². The van der Waals surface area contributed by atoms with E-state index in [1.165, 1.54) is 22.2 Å². The van der Waals surface area contributed by atoms with Crippen LogP contribution in [0.25, 0.3) is 10.9 Å². The van der Waals surface area contributed by atoms with Crippen LogP contribution in [0.15, 0.2) is 96.0 Å². The first-order chi connectivity index (χ1) is 27.5. The number of benzene rings is 2. The lowest BCUT2D eigenvalue weighted by Crippen LogP contribution is -2.56. The molecule has 2 heterocycles. The van der Waals surface area contributed by atoms with Crippen LogP contribution in [-0.2, 0) is 19.4 Å². The number of fused-ring (bicyclic) bond motifs is 2. The third kappa shape index (κ3) is 6.25. The first-order valence-corrected chi connectivity index (χ1v) is 21.5. The molecule has 0 radical (unpaired) electrons. The zero-order valence-corrected chi connectivity index (χ0v) is 33.2. The summed E-state index contributed by atoms with van der Waals surface area (Å²) >= 11 is 0. The molecule has 298 valence electrons. The second-order valence-corrected chi connectivity index (χ2v) is 19.1. The molecule has 57 heavy (non-hydrogen) atoms. The summed E-state index contributed by atoms with van der Waals surface area (Å²) in [5.41, 5.74) is 8.70. The van der Waals surface area contributed by atoms with Crippen molar-refractivity contribution in [1.29, 1.82) is 0 Å². The van der Waals surface area contributed by atoms with E-state index in [-0.39, 0.29) is 46.8 Å². The quantitative estimate of drug-likeness (QED) is 0.0549. The lowest BCUT2D eigenvalue weighted by molar-refractivity contribution is -0.128. The molecule has 5 saturated carbocycles. The number of aromatic nitrogens is 3. The highest BCUT2D eigenvalue weighted by Crippen LogP contribution is 2.72. The smallest absolute Gasteiger partial charge is 0.189 e. The van der Waals surface area contributed by atoms with Crippen molar-refractivity contribution in [2.24, 2.45) is 57.1 Å². The second kappa shape index (κ2) is 13.9. The predicted molar refractivity (Wildman–Crippen MR) is 223 cm³/mol. The van der Waals surface area contributed by atoms with Crippen LogP contribution in [0.1, 0.15) is 76.0 Å². The van der Waals surface area contributed by atoms with Crippen LogP contribution in [0.4, 0.5) is 0 Å². The molecule has 12 atom stereocenters. The van der Waals surface area contributed by atoms with Crippen molar-refractivity contribution < 1.29 is 15.3 Å². The molecule has 9 heteroatoms. The summed E-state index contributed by atoms with van der Waals surface area (Å²) in [5.74, 6) is 8.07. The van der Waals surface area contributed by atoms with Crippen molar-refractivity contribution in [2.75, 3.05) is 6.54 Å². The molecule has 2 aromatic heterocycles. The van der Waals surface area contributed by atoms with Gasteiger partial charge in [-0.25, -0.2) is 4.98 Å². The van der Waals surface area contributed by atoms with Crippen molar-refractivity contribution in [3.63, 3.8) is 0 Å². The highest BCUT2D eigenvalue weighted by molar-refractivity contribution is 5.80. The average molecular weight is 767 g/mol. The van der Waals surface area contributed by atoms with Gasteiger partial charge in [0, 0.05) is 60.9 Å². The number of hydrogen-bond donors (Lipinski definition) is 6. The molecule has 7 aliphatic carbocycles. The minimum Gasteiger partial charge on any atom is -0.390 e. The van der Waals surface area contributed by atoms with Crippen LogP contribution >= 0.6 is 0 Å². The Morgan fingerprint density at radius 3 is 2.68 bits per heavy atom. The summed E-state index contributed by atoms with van der Waals surface area (Å²) < 4.78 is 2.23. The number of nitrogens with two attached hydrogens (primary N) is 1. The van der Waals surface area contributed by atoms with Gasteiger partial charge in [0.05, 0.1) is 29.7 Å². The van der Waals surface area contributed by atoms with Crippen LogP contribution in [0.2, 0.25) is 0 Å². The highest BCUT2D eigenvalue weighted by atomic mass is 16.3. The average Bonchev–Trinajstić information content (AvgIpc) is 3.98. The zero-order valence-electron chi connectivity index (χ0n) is 33.2. The van der Waals surface area contributed by atoms with E-state index in [1.54, 1.807) is 0 Å². The first-order valence-electron chi connectivity index (χ1n) is 21.5. The second-order valence-electron chi connectivity index (χ2n) is 19.1. The third-order valence-corrected chi connectivity index (χ3v) is 16.0. The number of aliphatic imine (C=N–C) groups is 1. The molecule has 12 unspecified atom stereocenters. The number of nitrogens with one attached hydrogen (secondary N) is 2. The van der Waals surface area contributed by atoms with Crippen molar-refractivity contribution >= 4 is 16.9 Å². The molecule has 7 N–H and O–H groups in total. The molecule has 5 fully saturated rings. The Bertz CT molecular complexity index is 2200. The van der Waals surface area contributed by atoms with E-state index in [4.69, 9.17) is 10.7 Å². The normalized spacial score (nSPS) is 39.4. The Hall–Kier alpha value is -4.36. The van der Waals surface area contributed by atoms with Crippen molar-refractivity contribution in [3.8, 4) is 11.8 Å². The van der Waals surface area contributed by atoms with Gasteiger partial charge in [0.15, 0.2) is 5.96 Å². The lowest BCUT2D eigenvalue weighted by atomic mass is 9.46. The Morgan fingerprint density at radius 1 is 1.02 bits per heavy atom. The van der Waals surface area contributed by atoms with Gasteiger partial charge in [-0.15, -0.1) is 0 Å². The summed E-state index contributed by atoms with van der Waals surface area (Å²) in [6, 6.07) is 20.6. The van der Waals surface area contributed by atoms with E-state index < -0.39 is 23.3 Å². The van der Waals surface area contributed by atoms with Crippen molar-refractivity contribution in [2.45, 2.75) is 107 Å². The number of guanidine groups is 1. The maximum atomic E-state index is 13.2. The molecule has 0 aliphatic heterocycles. The number of aliphatic hydroxyl groups excluding tert-OH is 1. The van der Waals surface area contributed by atoms with Crippen LogP contribution in [0.3, 0.4) is 0 Å². The number of para-hydroxylation sites is 1. The molecule has 7 aliphatic rings. The number of hydrogen-bond acceptors (Lipinski definition) is 5. The largest absolute Gasteiger partial charge is 0.390 e. The summed E-state index contributed by atoms with van der Waals surface area (Å²) in [5, 5.41) is 42.6. The number of H-pyrrole nitrogens is 1. The Kier molecular flexibility index (Phi) is 9.00. The van der Waals surface area contributed by atoms with E-state index in [1.807, 2.05) is 37.6 Å². The summed E-state index contributed by atoms with van der Waals surface area (Å²) in [4.78, 5) is 12.8. The van der Waals surface area contributed by atoms with E-state index in [0.29, 0.717) is 24.8 Å². The van der Waals surface area contributed by atoms with E-state index >= 15 is 0 Å². The SMILES string of the molecule is CC1(O)C2CCC3C4C1CC(O)C4(O)CC(NC(N)=NCCc1ccccc1)C#CC1CC4(C=C(Cc5cc6ccccc6[nH]5)C13C2)CCC(Cn1ccnc1)C4. The summed E-state index contributed by atoms with van der Waals surface area (Å²) in [6.07, 6.45) is 16.7. The zero-order chi connectivity index (χ0) is 39.0. The minimum atomic E-state index is -1.46. The maximum absolute atomic E-state index is 13.2. The molecular formula is C48H58N6O3. The number of allylic oxidation sites excluding steroid dienone is 2. The predicted octanol–water partition coefficient (Wildman–Crippen LogP) is 6.16. The van der Waals surface area contributed by atoms with Gasteiger partial charge in [-0.1, -0.05) is 72.0 Å². The Labute approximate surface area is 336 Å². The molecule has 0 amide bonds. The van der Waals surface area contributed by atoms with Crippen LogP contribution in [0.5, 0.6) is 0 Å². The van der Waals surface area contributed by atoms with Crippen LogP contribution < -0.4 is 11.1 Å². The fourth-order valence-corrected chi connectivity index (χ4v) is 13.5. The molecular weight excluding hydrogens is 709 g/mol. The maximum Gasteiger partial charge on any atom is 0.189 e. The lowest BCUT2D eigenvalue weighted by Gasteiger charge is -2.58. The minimum absolute atomic E-state index is 0.00887. The molecule has 4 bridgehead atoms. The molecule has 2 spiro atoms. The molecule has 4 aromatic rings. The van der Waals surface area contributed by atoms with E-state index in [0.717, 1.165) is 69.8 Å². The van der Waals surface area contributed by atoms with Gasteiger partial charge < -0.3 is 35.9 Å². The standard InChI is InChI=1S/C48H58N6O3/c1-45(56)34-12-14-39-43-40(45)23-42(55)48(43,57)28-37(53-44(49)51-18-16-31-7-3-2-4-8-31)13-11-35-25-46(17-15-32(24-46)29-54-20-19-50-30-54)26-36(47(35,39)27-34)22-38-21-33-9-5-6-10-41(33)52-38/h2-10,19-21,26,30,32,34-35,37,39-40,42-43,52,55-57H,12,14-18,22-25,27-29H2,1H3,(H3,49,51,53). The fraction of sp³-hybridized carbons (Fsp3) is 0.542. The Balaban J connectivity index is 1.09. The molecule has 2 aromatic carbocycles. The summed E-state index contributed by atoms with van der Waals surface area (Å²) in [7, 11) is 0. The number of aliphatic hydroxyl groups is 3. The van der Waals surface area contributed by atoms with Gasteiger partial charge in [-0.05, 0) is 123 Å². The number of nitrogens with zero attached hydrogens (tertiary/aromatic N) is 3. The van der Waals surface area contributed by atoms with Crippen molar-refractivity contribution in [1.82, 2.24) is 19.9 Å². The third-order valence-electron chi connectivity index (χ3n) is 16.0. The van der Waals surface area contributed by atoms with E-state index in [2.05, 4.69) is 86.4 Å². The van der Waals surface area contributed by atoms with Gasteiger partial charge in [0.1, 0.15) is 0 Å². The van der Waals surface area contributed by atoms with E-state index in [9.17, 15) is 15.3 Å². The summed E-state index contributed by atoms with van der Waals surface area (Å²) in [6.45, 7) is 3.51. The molecule has 11 rings (SSSR count). The van der Waals surface area contributed by atoms with Crippen LogP contribution in [-0.4, -0.2) is 65.7 Å². The molecule has 9 nitrogen and oxygen atoms in total. The number of rotatable bonds is 8. The van der Waals surface area contributed by atoms with Gasteiger partial charge in [-0.3, -0.25) is 4.99 Å². The number of imidazole rings is 1. The van der Waals surface area contributed by atoms with Gasteiger partial charge in [0.2, 0.25) is 0 Å². The Morgan fingerprint density at radius 2 is 1.86 bits per heavy atom. The highest BCUT2D eigenvalue weighted by Gasteiger charge is 2.71. The monoisotopic (exact) mass is 766 g/mol. The van der Waals surface area contributed by atoms with Gasteiger partial charge in [-0.2, -0.15) is 0 Å². The number of aromatic amines is 1. The van der Waals surface area contributed by atoms with Crippen molar-refractivity contribution in [3.05, 3.63) is 102 Å². The van der Waals surface area contributed by atoms with Crippen LogP contribution in [0, 0.1) is 58.2 Å². The fourth-order valence-electron chi connectivity index (χ4n) is 13.5. The molecule has 0 saturated heterocycles. The van der Waals surface area contributed by atoms with Gasteiger partial charge in [0.25, 0.3) is 0 Å².